The zero-order chi connectivity index (χ0) is 17.0. The van der Waals surface area contributed by atoms with Crippen molar-refractivity contribution in [3.05, 3.63) is 29.8 Å². The maximum absolute atomic E-state index is 11.6. The third kappa shape index (κ3) is 5.76. The van der Waals surface area contributed by atoms with Crippen LogP contribution in [0.25, 0.3) is 0 Å². The van der Waals surface area contributed by atoms with E-state index >= 15 is 0 Å². The Balaban J connectivity index is 2.43. The molecule has 0 radical (unpaired) electrons. The molecule has 1 aromatic carbocycles. The van der Waals surface area contributed by atoms with Gasteiger partial charge in [-0.2, -0.15) is 0 Å². The molecule has 0 aliphatic rings. The first-order chi connectivity index (χ1) is 10.00. The van der Waals surface area contributed by atoms with Crippen LogP contribution in [0.2, 0.25) is 0 Å². The number of carbonyl (C=O) groups is 2. The minimum Gasteiger partial charge on any atom is -0.484 e. The van der Waals surface area contributed by atoms with Crippen LogP contribution in [0.5, 0.6) is 5.75 Å². The van der Waals surface area contributed by atoms with Gasteiger partial charge in [-0.1, -0.05) is 53.7 Å². The van der Waals surface area contributed by atoms with Gasteiger partial charge in [-0.05, 0) is 23.1 Å². The van der Waals surface area contributed by atoms with Crippen LogP contribution >= 0.6 is 0 Å². The third-order valence-electron chi connectivity index (χ3n) is 3.09. The molecule has 0 heterocycles. The maximum atomic E-state index is 11.6. The van der Waals surface area contributed by atoms with E-state index in [-0.39, 0.29) is 17.9 Å². The first-order valence-corrected chi connectivity index (χ1v) is 7.33. The van der Waals surface area contributed by atoms with Crippen LogP contribution in [-0.4, -0.2) is 18.4 Å². The summed E-state index contributed by atoms with van der Waals surface area (Å²) in [6, 6.07) is 7.63. The molecule has 0 aliphatic heterocycles. The molecular formula is C17H26N2O3. The minimum atomic E-state index is -0.559. The Morgan fingerprint density at radius 1 is 0.955 bits per heavy atom. The summed E-state index contributed by atoms with van der Waals surface area (Å²) in [5.74, 6) is -0.0434. The first-order valence-electron chi connectivity index (χ1n) is 7.33. The zero-order valence-corrected chi connectivity index (χ0v) is 14.2. The molecule has 1 aromatic rings. The number of hydrogen-bond donors (Lipinski definition) is 2. The van der Waals surface area contributed by atoms with E-state index in [1.165, 1.54) is 5.56 Å². The number of ether oxygens (including phenoxy) is 1. The molecule has 0 atom stereocenters. The van der Waals surface area contributed by atoms with E-state index < -0.39 is 11.3 Å². The van der Waals surface area contributed by atoms with Gasteiger partial charge in [0.1, 0.15) is 5.75 Å². The molecule has 0 bridgehead atoms. The van der Waals surface area contributed by atoms with E-state index in [1.807, 2.05) is 24.3 Å². The van der Waals surface area contributed by atoms with Crippen molar-refractivity contribution in [1.82, 2.24) is 10.9 Å². The summed E-state index contributed by atoms with van der Waals surface area (Å²) >= 11 is 0. The average molecular weight is 306 g/mol. The summed E-state index contributed by atoms with van der Waals surface area (Å²) in [6.07, 6.45) is 0. The fourth-order valence-corrected chi connectivity index (χ4v) is 1.55. The fourth-order valence-electron chi connectivity index (χ4n) is 1.55. The Kier molecular flexibility index (Phi) is 5.58. The van der Waals surface area contributed by atoms with E-state index in [0.717, 1.165) is 0 Å². The molecule has 22 heavy (non-hydrogen) atoms. The van der Waals surface area contributed by atoms with Crippen LogP contribution in [0.3, 0.4) is 0 Å². The SMILES string of the molecule is CC(C)(C)C(=O)NNC(=O)COc1ccc(C(C)(C)C)cc1. The van der Waals surface area contributed by atoms with E-state index in [1.54, 1.807) is 20.8 Å². The fraction of sp³-hybridized carbons (Fsp3) is 0.529. The molecule has 5 nitrogen and oxygen atoms in total. The number of rotatable bonds is 3. The molecule has 0 saturated carbocycles. The third-order valence-corrected chi connectivity index (χ3v) is 3.09. The lowest BCUT2D eigenvalue weighted by Crippen LogP contribution is -2.48. The van der Waals surface area contributed by atoms with Gasteiger partial charge in [0.2, 0.25) is 5.91 Å². The predicted molar refractivity (Wildman–Crippen MR) is 86.4 cm³/mol. The molecule has 0 saturated heterocycles. The van der Waals surface area contributed by atoms with Crippen molar-refractivity contribution in [1.29, 1.82) is 0 Å². The van der Waals surface area contributed by atoms with Crippen molar-refractivity contribution in [2.24, 2.45) is 5.41 Å². The summed E-state index contributed by atoms with van der Waals surface area (Å²) in [7, 11) is 0. The molecule has 2 amide bonds. The molecule has 0 aliphatic carbocycles. The van der Waals surface area contributed by atoms with Gasteiger partial charge in [0.15, 0.2) is 6.61 Å². The van der Waals surface area contributed by atoms with Gasteiger partial charge in [-0.25, -0.2) is 0 Å². The van der Waals surface area contributed by atoms with Crippen molar-refractivity contribution in [2.45, 2.75) is 47.0 Å². The lowest BCUT2D eigenvalue weighted by Gasteiger charge is -2.19. The van der Waals surface area contributed by atoms with Gasteiger partial charge < -0.3 is 4.74 Å². The van der Waals surface area contributed by atoms with Gasteiger partial charge in [0.05, 0.1) is 0 Å². The van der Waals surface area contributed by atoms with E-state index in [0.29, 0.717) is 5.75 Å². The van der Waals surface area contributed by atoms with Crippen molar-refractivity contribution < 1.29 is 14.3 Å². The lowest BCUT2D eigenvalue weighted by molar-refractivity contribution is -0.134. The summed E-state index contributed by atoms with van der Waals surface area (Å²) < 4.78 is 5.39. The molecule has 0 spiro atoms. The van der Waals surface area contributed by atoms with Gasteiger partial charge in [0, 0.05) is 5.41 Å². The summed E-state index contributed by atoms with van der Waals surface area (Å²) in [6.45, 7) is 11.5. The van der Waals surface area contributed by atoms with E-state index in [4.69, 9.17) is 4.74 Å². The number of benzene rings is 1. The molecule has 122 valence electrons. The Labute approximate surface area is 132 Å². The van der Waals surface area contributed by atoms with Gasteiger partial charge in [0.25, 0.3) is 5.91 Å². The first kappa shape index (κ1) is 18.0. The standard InChI is InChI=1S/C17H26N2O3/c1-16(2,3)12-7-9-13(10-8-12)22-11-14(20)18-19-15(21)17(4,5)6/h7-10H,11H2,1-6H3,(H,18,20)(H,19,21). The Morgan fingerprint density at radius 2 is 1.50 bits per heavy atom. The molecule has 0 unspecified atom stereocenters. The highest BCUT2D eigenvalue weighted by Crippen LogP contribution is 2.24. The van der Waals surface area contributed by atoms with Crippen molar-refractivity contribution in [2.75, 3.05) is 6.61 Å². The molecule has 2 N–H and O–H groups in total. The second-order valence-electron chi connectivity index (χ2n) is 7.32. The molecule has 5 heteroatoms. The second-order valence-corrected chi connectivity index (χ2v) is 7.32. The van der Waals surface area contributed by atoms with Crippen LogP contribution in [0.15, 0.2) is 24.3 Å². The van der Waals surface area contributed by atoms with Crippen molar-refractivity contribution >= 4 is 11.8 Å². The highest BCUT2D eigenvalue weighted by Gasteiger charge is 2.21. The van der Waals surface area contributed by atoms with E-state index in [2.05, 4.69) is 31.6 Å². The van der Waals surface area contributed by atoms with Crippen LogP contribution < -0.4 is 15.6 Å². The molecule has 1 rings (SSSR count). The average Bonchev–Trinajstić information content (AvgIpc) is 2.40. The van der Waals surface area contributed by atoms with Gasteiger partial charge in [-0.3, -0.25) is 20.4 Å². The number of amides is 2. The Bertz CT molecular complexity index is 522. The second kappa shape index (κ2) is 6.81. The topological polar surface area (TPSA) is 67.4 Å². The highest BCUT2D eigenvalue weighted by molar-refractivity contribution is 5.85. The monoisotopic (exact) mass is 306 g/mol. The summed E-state index contributed by atoms with van der Waals surface area (Å²) in [5, 5.41) is 0. The largest absolute Gasteiger partial charge is 0.484 e. The zero-order valence-electron chi connectivity index (χ0n) is 14.2. The predicted octanol–water partition coefficient (Wildman–Crippen LogP) is 2.56. The van der Waals surface area contributed by atoms with Crippen molar-refractivity contribution in [3.63, 3.8) is 0 Å². The van der Waals surface area contributed by atoms with Crippen LogP contribution in [0, 0.1) is 5.41 Å². The number of nitrogens with one attached hydrogen (secondary N) is 2. The summed E-state index contributed by atoms with van der Waals surface area (Å²) in [4.78, 5) is 23.2. The van der Waals surface area contributed by atoms with Gasteiger partial charge in [-0.15, -0.1) is 0 Å². The number of carbonyl (C=O) groups excluding carboxylic acids is 2. The minimum absolute atomic E-state index is 0.0765. The van der Waals surface area contributed by atoms with E-state index in [9.17, 15) is 9.59 Å². The number of hydrazine groups is 1. The van der Waals surface area contributed by atoms with Crippen LogP contribution in [0.4, 0.5) is 0 Å². The molecule has 0 aromatic heterocycles. The Hall–Kier alpha value is -2.04. The molecule has 0 fully saturated rings. The normalized spacial score (nSPS) is 11.7. The van der Waals surface area contributed by atoms with Crippen LogP contribution in [-0.2, 0) is 15.0 Å². The summed E-state index contributed by atoms with van der Waals surface area (Å²) in [5.41, 5.74) is 5.41. The maximum Gasteiger partial charge on any atom is 0.276 e. The Morgan fingerprint density at radius 3 is 1.95 bits per heavy atom. The van der Waals surface area contributed by atoms with Gasteiger partial charge >= 0.3 is 0 Å². The molecular weight excluding hydrogens is 280 g/mol. The highest BCUT2D eigenvalue weighted by atomic mass is 16.5. The number of hydrogen-bond acceptors (Lipinski definition) is 3. The lowest BCUT2D eigenvalue weighted by atomic mass is 9.87. The quantitative estimate of drug-likeness (QED) is 0.843. The smallest absolute Gasteiger partial charge is 0.276 e. The van der Waals surface area contributed by atoms with Crippen molar-refractivity contribution in [3.8, 4) is 5.75 Å². The van der Waals surface area contributed by atoms with Crippen LogP contribution in [0.1, 0.15) is 47.1 Å².